The number of benzene rings is 1. The van der Waals surface area contributed by atoms with Gasteiger partial charge in [0, 0.05) is 25.8 Å². The number of urea groups is 1. The average molecular weight is 282 g/mol. The van der Waals surface area contributed by atoms with Crippen LogP contribution in [0.3, 0.4) is 0 Å². The van der Waals surface area contributed by atoms with E-state index in [0.717, 1.165) is 0 Å². The maximum atomic E-state index is 11.9. The number of carbonyl (C=O) groups excluding carboxylic acids is 1. The third kappa shape index (κ3) is 4.13. The van der Waals surface area contributed by atoms with Crippen molar-refractivity contribution in [2.45, 2.75) is 12.5 Å². The Morgan fingerprint density at radius 2 is 1.95 bits per heavy atom. The number of hydrogen-bond acceptors (Lipinski definition) is 4. The summed E-state index contributed by atoms with van der Waals surface area (Å²) in [6.07, 6.45) is -0.0441. The van der Waals surface area contributed by atoms with Crippen LogP contribution in [0.15, 0.2) is 24.3 Å². The summed E-state index contributed by atoms with van der Waals surface area (Å²) in [5, 5.41) is 20.0. The Morgan fingerprint density at radius 3 is 2.40 bits per heavy atom. The highest BCUT2D eigenvalue weighted by atomic mass is 16.5. The largest absolute Gasteiger partial charge is 0.497 e. The van der Waals surface area contributed by atoms with Crippen LogP contribution in [0.5, 0.6) is 5.75 Å². The minimum Gasteiger partial charge on any atom is -0.497 e. The van der Waals surface area contributed by atoms with Crippen molar-refractivity contribution in [2.24, 2.45) is 0 Å². The number of aliphatic hydroxyl groups excluding tert-OH is 1. The summed E-state index contributed by atoms with van der Waals surface area (Å²) in [7, 11) is 3.06. The summed E-state index contributed by atoms with van der Waals surface area (Å²) in [5.41, 5.74) is 0.594. The number of amides is 2. The number of nitrogens with zero attached hydrogens (tertiary/aromatic N) is 1. The van der Waals surface area contributed by atoms with E-state index in [9.17, 15) is 9.59 Å². The summed E-state index contributed by atoms with van der Waals surface area (Å²) < 4.78 is 5.01. The van der Waals surface area contributed by atoms with Crippen LogP contribution in [0.1, 0.15) is 6.42 Å². The fourth-order valence-corrected chi connectivity index (χ4v) is 1.56. The molecular formula is C13H18N2O5. The van der Waals surface area contributed by atoms with E-state index < -0.39 is 18.0 Å². The lowest BCUT2D eigenvalue weighted by Gasteiger charge is -2.21. The fourth-order valence-electron chi connectivity index (χ4n) is 1.56. The fraction of sp³-hybridized carbons (Fsp3) is 0.385. The first-order chi connectivity index (χ1) is 9.49. The van der Waals surface area contributed by atoms with Gasteiger partial charge in [0.15, 0.2) is 0 Å². The first kappa shape index (κ1) is 15.8. The van der Waals surface area contributed by atoms with Crippen molar-refractivity contribution in [1.82, 2.24) is 5.32 Å². The summed E-state index contributed by atoms with van der Waals surface area (Å²) >= 11 is 0. The number of aliphatic hydroxyl groups is 1. The van der Waals surface area contributed by atoms with Crippen molar-refractivity contribution in [2.75, 3.05) is 25.7 Å². The topological polar surface area (TPSA) is 99.1 Å². The normalized spacial score (nSPS) is 11.6. The van der Waals surface area contributed by atoms with Crippen molar-refractivity contribution in [3.05, 3.63) is 24.3 Å². The minimum absolute atomic E-state index is 0.0441. The van der Waals surface area contributed by atoms with E-state index in [0.29, 0.717) is 11.4 Å². The monoisotopic (exact) mass is 282 g/mol. The van der Waals surface area contributed by atoms with Gasteiger partial charge in [0.1, 0.15) is 11.8 Å². The molecule has 0 bridgehead atoms. The molecule has 0 aliphatic rings. The summed E-state index contributed by atoms with van der Waals surface area (Å²) in [6.45, 7) is -0.316. The van der Waals surface area contributed by atoms with Crippen LogP contribution in [0.25, 0.3) is 0 Å². The second kappa shape index (κ2) is 7.34. The lowest BCUT2D eigenvalue weighted by Crippen LogP contribution is -2.47. The average Bonchev–Trinajstić information content (AvgIpc) is 2.45. The molecule has 0 spiro atoms. The first-order valence-electron chi connectivity index (χ1n) is 6.01. The van der Waals surface area contributed by atoms with Crippen molar-refractivity contribution in [3.63, 3.8) is 0 Å². The highest BCUT2D eigenvalue weighted by Crippen LogP contribution is 2.18. The van der Waals surface area contributed by atoms with Gasteiger partial charge in [0.05, 0.1) is 7.11 Å². The van der Waals surface area contributed by atoms with Gasteiger partial charge in [-0.25, -0.2) is 9.59 Å². The molecule has 0 aliphatic heterocycles. The molecule has 1 aromatic rings. The van der Waals surface area contributed by atoms with Crippen LogP contribution < -0.4 is 15.0 Å². The number of carboxylic acid groups (broad SMARTS) is 1. The number of ether oxygens (including phenoxy) is 1. The lowest BCUT2D eigenvalue weighted by molar-refractivity contribution is -0.139. The minimum atomic E-state index is -1.18. The number of carboxylic acids is 1. The predicted molar refractivity (Wildman–Crippen MR) is 73.1 cm³/mol. The molecule has 3 N–H and O–H groups in total. The Labute approximate surface area is 116 Å². The Kier molecular flexibility index (Phi) is 5.79. The molecule has 0 aliphatic carbocycles. The van der Waals surface area contributed by atoms with Crippen molar-refractivity contribution >= 4 is 17.7 Å². The second-order valence-electron chi connectivity index (χ2n) is 4.11. The molecule has 1 aromatic carbocycles. The quantitative estimate of drug-likeness (QED) is 0.712. The zero-order valence-corrected chi connectivity index (χ0v) is 11.4. The van der Waals surface area contributed by atoms with Gasteiger partial charge in [0.25, 0.3) is 0 Å². The second-order valence-corrected chi connectivity index (χ2v) is 4.11. The molecule has 0 heterocycles. The zero-order valence-electron chi connectivity index (χ0n) is 11.4. The Bertz CT molecular complexity index is 460. The molecule has 0 saturated heterocycles. The van der Waals surface area contributed by atoms with Crippen LogP contribution in [0, 0.1) is 0 Å². The van der Waals surface area contributed by atoms with Gasteiger partial charge < -0.3 is 20.3 Å². The van der Waals surface area contributed by atoms with Crippen molar-refractivity contribution in [1.29, 1.82) is 0 Å². The van der Waals surface area contributed by atoms with Crippen LogP contribution in [-0.2, 0) is 4.79 Å². The van der Waals surface area contributed by atoms with E-state index in [-0.39, 0.29) is 13.0 Å². The molecular weight excluding hydrogens is 264 g/mol. The molecule has 7 heteroatoms. The number of nitrogens with one attached hydrogen (secondary N) is 1. The van der Waals surface area contributed by atoms with E-state index in [1.165, 1.54) is 19.1 Å². The van der Waals surface area contributed by atoms with E-state index in [1.807, 2.05) is 0 Å². The molecule has 110 valence electrons. The van der Waals surface area contributed by atoms with Crippen LogP contribution in [0.4, 0.5) is 10.5 Å². The SMILES string of the molecule is COc1ccc(N(C)C(=O)N[C@H](CCO)C(=O)O)cc1. The van der Waals surface area contributed by atoms with Crippen LogP contribution >= 0.6 is 0 Å². The Morgan fingerprint density at radius 1 is 1.35 bits per heavy atom. The maximum Gasteiger partial charge on any atom is 0.326 e. The molecule has 0 saturated carbocycles. The van der Waals surface area contributed by atoms with Crippen molar-refractivity contribution < 1.29 is 24.5 Å². The maximum absolute atomic E-state index is 11.9. The number of aliphatic carboxylic acids is 1. The summed E-state index contributed by atoms with van der Waals surface area (Å²) in [5.74, 6) is -0.526. The van der Waals surface area contributed by atoms with Crippen LogP contribution in [-0.4, -0.2) is 49.0 Å². The molecule has 0 unspecified atom stereocenters. The van der Waals surface area contributed by atoms with Gasteiger partial charge in [-0.15, -0.1) is 0 Å². The van der Waals surface area contributed by atoms with E-state index >= 15 is 0 Å². The third-order valence-corrected chi connectivity index (χ3v) is 2.78. The zero-order chi connectivity index (χ0) is 15.1. The number of carbonyl (C=O) groups is 2. The number of methoxy groups -OCH3 is 1. The van der Waals surface area contributed by atoms with Crippen molar-refractivity contribution in [3.8, 4) is 5.75 Å². The highest BCUT2D eigenvalue weighted by Gasteiger charge is 2.21. The Hall–Kier alpha value is -2.28. The van der Waals surface area contributed by atoms with Crippen LogP contribution in [0.2, 0.25) is 0 Å². The number of hydrogen-bond donors (Lipinski definition) is 3. The third-order valence-electron chi connectivity index (χ3n) is 2.78. The molecule has 1 atom stereocenters. The van der Waals surface area contributed by atoms with E-state index in [1.54, 1.807) is 24.3 Å². The van der Waals surface area contributed by atoms with E-state index in [2.05, 4.69) is 5.32 Å². The van der Waals surface area contributed by atoms with Gasteiger partial charge >= 0.3 is 12.0 Å². The van der Waals surface area contributed by atoms with Gasteiger partial charge in [-0.2, -0.15) is 0 Å². The molecule has 20 heavy (non-hydrogen) atoms. The summed E-state index contributed by atoms with van der Waals surface area (Å²) in [4.78, 5) is 24.1. The first-order valence-corrected chi connectivity index (χ1v) is 6.01. The summed E-state index contributed by atoms with van der Waals surface area (Å²) in [6, 6.07) is 5.08. The van der Waals surface area contributed by atoms with Gasteiger partial charge in [0.2, 0.25) is 0 Å². The van der Waals surface area contributed by atoms with E-state index in [4.69, 9.17) is 14.9 Å². The number of rotatable bonds is 6. The van der Waals surface area contributed by atoms with Gasteiger partial charge in [-0.3, -0.25) is 4.90 Å². The molecule has 0 fully saturated rings. The molecule has 7 nitrogen and oxygen atoms in total. The molecule has 0 radical (unpaired) electrons. The molecule has 0 aromatic heterocycles. The highest BCUT2D eigenvalue weighted by molar-refractivity contribution is 5.94. The number of anilines is 1. The molecule has 1 rings (SSSR count). The van der Waals surface area contributed by atoms with Gasteiger partial charge in [-0.05, 0) is 24.3 Å². The predicted octanol–water partition coefficient (Wildman–Crippen LogP) is 0.677. The lowest BCUT2D eigenvalue weighted by atomic mass is 10.2. The van der Waals surface area contributed by atoms with Gasteiger partial charge in [-0.1, -0.05) is 0 Å². The standard InChI is InChI=1S/C13H18N2O5/c1-15(9-3-5-10(20-2)6-4-9)13(19)14-11(7-8-16)12(17)18/h3-6,11,16H,7-8H2,1-2H3,(H,14,19)(H,17,18)/t11-/m1/s1. The smallest absolute Gasteiger partial charge is 0.326 e. The molecule has 2 amide bonds. The Balaban J connectivity index is 2.71.